The van der Waals surface area contributed by atoms with Crippen LogP contribution in [0, 0.1) is 6.92 Å². The quantitative estimate of drug-likeness (QED) is 0.758. The molecule has 3 heteroatoms. The van der Waals surface area contributed by atoms with E-state index in [2.05, 4.69) is 32.0 Å². The molecule has 1 aliphatic rings. The van der Waals surface area contributed by atoms with Gasteiger partial charge in [-0.25, -0.2) is 0 Å². The van der Waals surface area contributed by atoms with Crippen LogP contribution in [0.15, 0.2) is 18.2 Å². The standard InChI is InChI=1S/C12H17NS2/c1-9-5-3-6-10(11(9)13)12(2)14-7-4-8-15-12/h3,5-6H,4,7-8,13H2,1-2H3. The van der Waals surface area contributed by atoms with E-state index in [0.29, 0.717) is 0 Å². The molecule has 15 heavy (non-hydrogen) atoms. The number of thioether (sulfide) groups is 2. The third-order valence-electron chi connectivity index (χ3n) is 2.86. The fourth-order valence-corrected chi connectivity index (χ4v) is 4.91. The minimum Gasteiger partial charge on any atom is -0.398 e. The van der Waals surface area contributed by atoms with E-state index in [1.807, 2.05) is 23.5 Å². The number of anilines is 1. The van der Waals surface area contributed by atoms with Gasteiger partial charge in [0, 0.05) is 11.3 Å². The molecule has 1 aliphatic heterocycles. The van der Waals surface area contributed by atoms with Crippen molar-refractivity contribution in [1.29, 1.82) is 0 Å². The van der Waals surface area contributed by atoms with E-state index in [9.17, 15) is 0 Å². The monoisotopic (exact) mass is 239 g/mol. The molecular weight excluding hydrogens is 222 g/mol. The lowest BCUT2D eigenvalue weighted by Crippen LogP contribution is -2.20. The highest BCUT2D eigenvalue weighted by Gasteiger charge is 2.32. The van der Waals surface area contributed by atoms with Gasteiger partial charge >= 0.3 is 0 Å². The molecule has 2 rings (SSSR count). The highest BCUT2D eigenvalue weighted by atomic mass is 32.2. The first-order chi connectivity index (χ1) is 7.13. The van der Waals surface area contributed by atoms with E-state index in [4.69, 9.17) is 5.73 Å². The van der Waals surface area contributed by atoms with E-state index < -0.39 is 0 Å². The third kappa shape index (κ3) is 2.13. The summed E-state index contributed by atoms with van der Waals surface area (Å²) in [6.45, 7) is 4.38. The number of rotatable bonds is 1. The predicted molar refractivity (Wildman–Crippen MR) is 72.5 cm³/mol. The van der Waals surface area contributed by atoms with Crippen LogP contribution in [0.25, 0.3) is 0 Å². The second kappa shape index (κ2) is 4.30. The van der Waals surface area contributed by atoms with E-state index in [0.717, 1.165) is 5.69 Å². The maximum Gasteiger partial charge on any atom is 0.0852 e. The number of para-hydroxylation sites is 1. The Morgan fingerprint density at radius 1 is 1.27 bits per heavy atom. The second-order valence-corrected chi connectivity index (χ2v) is 7.32. The summed E-state index contributed by atoms with van der Waals surface area (Å²) in [5.41, 5.74) is 9.64. The van der Waals surface area contributed by atoms with Gasteiger partial charge in [0.05, 0.1) is 4.08 Å². The van der Waals surface area contributed by atoms with Crippen molar-refractivity contribution in [2.75, 3.05) is 17.2 Å². The molecule has 1 saturated heterocycles. The molecule has 0 unspecified atom stereocenters. The van der Waals surface area contributed by atoms with Crippen molar-refractivity contribution < 1.29 is 0 Å². The molecule has 0 saturated carbocycles. The first-order valence-corrected chi connectivity index (χ1v) is 7.24. The van der Waals surface area contributed by atoms with Crippen LogP contribution >= 0.6 is 23.5 Å². The van der Waals surface area contributed by atoms with Crippen molar-refractivity contribution >= 4 is 29.2 Å². The Balaban J connectivity index is 2.39. The molecule has 1 aromatic carbocycles. The highest BCUT2D eigenvalue weighted by Crippen LogP contribution is 2.51. The molecule has 0 atom stereocenters. The van der Waals surface area contributed by atoms with Crippen LogP contribution in [0.1, 0.15) is 24.5 Å². The molecule has 1 aromatic rings. The zero-order valence-electron chi connectivity index (χ0n) is 9.25. The summed E-state index contributed by atoms with van der Waals surface area (Å²) < 4.78 is 0.161. The number of hydrogen-bond donors (Lipinski definition) is 1. The minimum atomic E-state index is 0.161. The first kappa shape index (κ1) is 11.2. The second-order valence-electron chi connectivity index (χ2n) is 4.03. The van der Waals surface area contributed by atoms with Crippen LogP contribution in [0.4, 0.5) is 5.69 Å². The number of aryl methyl sites for hydroxylation is 1. The zero-order valence-corrected chi connectivity index (χ0v) is 10.9. The van der Waals surface area contributed by atoms with Gasteiger partial charge in [-0.3, -0.25) is 0 Å². The Kier molecular flexibility index (Phi) is 3.21. The molecule has 0 radical (unpaired) electrons. The van der Waals surface area contributed by atoms with Crippen LogP contribution in [-0.2, 0) is 4.08 Å². The summed E-state index contributed by atoms with van der Waals surface area (Å²) >= 11 is 4.05. The van der Waals surface area contributed by atoms with Gasteiger partial charge in [-0.2, -0.15) is 0 Å². The molecule has 2 N–H and O–H groups in total. The molecule has 0 bridgehead atoms. The Labute approximate surface area is 100 Å². The number of nitrogen functional groups attached to an aromatic ring is 1. The maximum atomic E-state index is 6.17. The average molecular weight is 239 g/mol. The van der Waals surface area contributed by atoms with E-state index in [-0.39, 0.29) is 4.08 Å². The number of hydrogen-bond acceptors (Lipinski definition) is 3. The number of nitrogens with two attached hydrogens (primary N) is 1. The van der Waals surface area contributed by atoms with Gasteiger partial charge in [0.25, 0.3) is 0 Å². The third-order valence-corrected chi connectivity index (χ3v) is 6.09. The first-order valence-electron chi connectivity index (χ1n) is 5.27. The molecule has 82 valence electrons. The molecular formula is C12H17NS2. The smallest absolute Gasteiger partial charge is 0.0852 e. The lowest BCUT2D eigenvalue weighted by molar-refractivity contribution is 0.964. The molecule has 1 heterocycles. The lowest BCUT2D eigenvalue weighted by Gasteiger charge is -2.34. The Hall–Kier alpha value is -0.280. The van der Waals surface area contributed by atoms with Gasteiger partial charge in [0.15, 0.2) is 0 Å². The minimum absolute atomic E-state index is 0.161. The SMILES string of the molecule is Cc1cccc(C2(C)SCCCS2)c1N. The molecule has 1 nitrogen and oxygen atoms in total. The van der Waals surface area contributed by atoms with Crippen LogP contribution < -0.4 is 5.73 Å². The van der Waals surface area contributed by atoms with Gasteiger partial charge in [0.1, 0.15) is 0 Å². The summed E-state index contributed by atoms with van der Waals surface area (Å²) in [5, 5.41) is 0. The summed E-state index contributed by atoms with van der Waals surface area (Å²) in [6.07, 6.45) is 1.32. The molecule has 0 amide bonds. The summed E-state index contributed by atoms with van der Waals surface area (Å²) in [4.78, 5) is 0. The van der Waals surface area contributed by atoms with Gasteiger partial charge in [-0.05, 0) is 37.3 Å². The fourth-order valence-electron chi connectivity index (χ4n) is 1.87. The van der Waals surface area contributed by atoms with Crippen molar-refractivity contribution in [1.82, 2.24) is 0 Å². The number of benzene rings is 1. The van der Waals surface area contributed by atoms with Crippen molar-refractivity contribution in [3.63, 3.8) is 0 Å². The van der Waals surface area contributed by atoms with Crippen LogP contribution in [0.3, 0.4) is 0 Å². The van der Waals surface area contributed by atoms with E-state index in [1.165, 1.54) is 29.1 Å². The Morgan fingerprint density at radius 3 is 2.60 bits per heavy atom. The van der Waals surface area contributed by atoms with Crippen molar-refractivity contribution in [3.05, 3.63) is 29.3 Å². The van der Waals surface area contributed by atoms with Gasteiger partial charge < -0.3 is 5.73 Å². The van der Waals surface area contributed by atoms with E-state index >= 15 is 0 Å². The highest BCUT2D eigenvalue weighted by molar-refractivity contribution is 8.18. The predicted octanol–water partition coefficient (Wildman–Crippen LogP) is 3.62. The van der Waals surface area contributed by atoms with Crippen LogP contribution in [0.5, 0.6) is 0 Å². The maximum absolute atomic E-state index is 6.17. The normalized spacial score (nSPS) is 20.1. The van der Waals surface area contributed by atoms with Crippen molar-refractivity contribution in [3.8, 4) is 0 Å². The topological polar surface area (TPSA) is 26.0 Å². The van der Waals surface area contributed by atoms with Gasteiger partial charge in [-0.1, -0.05) is 18.2 Å². The molecule has 0 spiro atoms. The Bertz CT molecular complexity index is 357. The lowest BCUT2D eigenvalue weighted by atomic mass is 10.1. The summed E-state index contributed by atoms with van der Waals surface area (Å²) in [5.74, 6) is 2.49. The van der Waals surface area contributed by atoms with Gasteiger partial charge in [-0.15, -0.1) is 23.5 Å². The fraction of sp³-hybridized carbons (Fsp3) is 0.500. The molecule has 0 aliphatic carbocycles. The van der Waals surface area contributed by atoms with Crippen LogP contribution in [-0.4, -0.2) is 11.5 Å². The summed E-state index contributed by atoms with van der Waals surface area (Å²) in [6, 6.07) is 6.37. The van der Waals surface area contributed by atoms with Crippen molar-refractivity contribution in [2.45, 2.75) is 24.3 Å². The Morgan fingerprint density at radius 2 is 1.93 bits per heavy atom. The summed E-state index contributed by atoms with van der Waals surface area (Å²) in [7, 11) is 0. The zero-order chi connectivity index (χ0) is 10.9. The molecule has 0 aromatic heterocycles. The van der Waals surface area contributed by atoms with Crippen molar-refractivity contribution in [2.24, 2.45) is 0 Å². The van der Waals surface area contributed by atoms with Gasteiger partial charge in [0.2, 0.25) is 0 Å². The molecule has 1 fully saturated rings. The average Bonchev–Trinajstić information content (AvgIpc) is 2.23. The largest absolute Gasteiger partial charge is 0.398 e. The van der Waals surface area contributed by atoms with E-state index in [1.54, 1.807) is 0 Å². The van der Waals surface area contributed by atoms with Crippen LogP contribution in [0.2, 0.25) is 0 Å².